The molecule has 0 amide bonds. The number of nitrogens with two attached hydrogens (primary N) is 1. The predicted molar refractivity (Wildman–Crippen MR) is 58.2 cm³/mol. The number of rotatable bonds is 4. The first-order valence-electron chi connectivity index (χ1n) is 4.73. The van der Waals surface area contributed by atoms with Gasteiger partial charge in [-0.05, 0) is 18.1 Å². The van der Waals surface area contributed by atoms with Gasteiger partial charge in [0.25, 0.3) is 0 Å². The molecule has 0 aliphatic carbocycles. The third-order valence-corrected chi connectivity index (χ3v) is 2.18. The van der Waals surface area contributed by atoms with Crippen LogP contribution in [0.4, 0.5) is 5.69 Å². The Balaban J connectivity index is 3.03. The van der Waals surface area contributed by atoms with Gasteiger partial charge in [0, 0.05) is 12.1 Å². The molecule has 0 aromatic heterocycles. The Bertz CT molecular complexity index is 414. The number of carboxylic acid groups (broad SMARTS) is 1. The van der Waals surface area contributed by atoms with Crippen LogP contribution < -0.4 is 5.73 Å². The van der Waals surface area contributed by atoms with Crippen molar-refractivity contribution >= 4 is 17.6 Å². The highest BCUT2D eigenvalue weighted by atomic mass is 16.5. The molecule has 0 bridgehead atoms. The number of esters is 1. The fourth-order valence-electron chi connectivity index (χ4n) is 1.42. The summed E-state index contributed by atoms with van der Waals surface area (Å²) < 4.78 is 4.60. The van der Waals surface area contributed by atoms with Crippen molar-refractivity contribution < 1.29 is 19.4 Å². The number of aliphatic carboxylic acids is 1. The van der Waals surface area contributed by atoms with Crippen molar-refractivity contribution in [3.8, 4) is 0 Å². The van der Waals surface area contributed by atoms with Crippen LogP contribution in [0.5, 0.6) is 0 Å². The minimum absolute atomic E-state index is 0.0482. The van der Waals surface area contributed by atoms with Gasteiger partial charge in [0.15, 0.2) is 0 Å². The lowest BCUT2D eigenvalue weighted by Gasteiger charge is -2.09. The molecule has 86 valence electrons. The van der Waals surface area contributed by atoms with Crippen molar-refractivity contribution in [1.29, 1.82) is 0 Å². The van der Waals surface area contributed by atoms with E-state index in [2.05, 4.69) is 4.74 Å². The molecule has 0 heterocycles. The zero-order valence-corrected chi connectivity index (χ0v) is 8.90. The molecule has 0 unspecified atom stereocenters. The Morgan fingerprint density at radius 2 is 2.12 bits per heavy atom. The Kier molecular flexibility index (Phi) is 3.88. The molecule has 5 nitrogen and oxygen atoms in total. The molecular formula is C11H13NO4. The number of carboxylic acids is 1. The smallest absolute Gasteiger partial charge is 0.340 e. The highest BCUT2D eigenvalue weighted by molar-refractivity contribution is 5.96. The van der Waals surface area contributed by atoms with Crippen molar-refractivity contribution in [2.24, 2.45) is 0 Å². The first-order chi connectivity index (χ1) is 7.56. The summed E-state index contributed by atoms with van der Waals surface area (Å²) in [5, 5.41) is 8.58. The van der Waals surface area contributed by atoms with Crippen LogP contribution in [-0.2, 0) is 16.0 Å². The number of carbonyl (C=O) groups excluding carboxylic acids is 1. The van der Waals surface area contributed by atoms with E-state index in [1.165, 1.54) is 7.11 Å². The molecule has 1 rings (SSSR count). The summed E-state index contributed by atoms with van der Waals surface area (Å²) in [5.41, 5.74) is 6.80. The fraction of sp³-hybridized carbons (Fsp3) is 0.273. The summed E-state index contributed by atoms with van der Waals surface area (Å²) in [5.74, 6) is -1.46. The molecule has 0 aliphatic heterocycles. The fourth-order valence-corrected chi connectivity index (χ4v) is 1.42. The number of nitrogen functional groups attached to an aromatic ring is 1. The maximum Gasteiger partial charge on any atom is 0.340 e. The number of hydrogen-bond donors (Lipinski definition) is 2. The van der Waals surface area contributed by atoms with Gasteiger partial charge in [-0.1, -0.05) is 12.1 Å². The van der Waals surface area contributed by atoms with Gasteiger partial charge in [-0.2, -0.15) is 0 Å². The molecule has 0 fully saturated rings. The summed E-state index contributed by atoms with van der Waals surface area (Å²) in [6.07, 6.45) is 0.207. The summed E-state index contributed by atoms with van der Waals surface area (Å²) >= 11 is 0. The Morgan fingerprint density at radius 3 is 2.69 bits per heavy atom. The first kappa shape index (κ1) is 12.0. The van der Waals surface area contributed by atoms with Crippen molar-refractivity contribution in [2.45, 2.75) is 12.8 Å². The van der Waals surface area contributed by atoms with Crippen molar-refractivity contribution in [2.75, 3.05) is 12.8 Å². The molecule has 0 aliphatic rings. The summed E-state index contributed by atoms with van der Waals surface area (Å²) in [7, 11) is 1.26. The molecule has 0 spiro atoms. The van der Waals surface area contributed by atoms with Crippen LogP contribution in [-0.4, -0.2) is 24.2 Å². The van der Waals surface area contributed by atoms with E-state index in [0.717, 1.165) is 0 Å². The van der Waals surface area contributed by atoms with E-state index in [-0.39, 0.29) is 18.4 Å². The van der Waals surface area contributed by atoms with Crippen LogP contribution >= 0.6 is 0 Å². The van der Waals surface area contributed by atoms with Crippen LogP contribution in [0.15, 0.2) is 18.2 Å². The monoisotopic (exact) mass is 223 g/mol. The van der Waals surface area contributed by atoms with Gasteiger partial charge in [-0.25, -0.2) is 4.79 Å². The third-order valence-electron chi connectivity index (χ3n) is 2.18. The molecule has 3 N–H and O–H groups in total. The van der Waals surface area contributed by atoms with E-state index < -0.39 is 11.9 Å². The van der Waals surface area contributed by atoms with Crippen molar-refractivity contribution in [1.82, 2.24) is 0 Å². The van der Waals surface area contributed by atoms with E-state index in [1.54, 1.807) is 18.2 Å². The minimum Gasteiger partial charge on any atom is -0.481 e. The van der Waals surface area contributed by atoms with Crippen LogP contribution in [0.25, 0.3) is 0 Å². The number of hydrogen-bond acceptors (Lipinski definition) is 4. The lowest BCUT2D eigenvalue weighted by Crippen LogP contribution is -2.10. The van der Waals surface area contributed by atoms with E-state index in [1.807, 2.05) is 0 Å². The van der Waals surface area contributed by atoms with E-state index in [4.69, 9.17) is 10.8 Å². The molecular weight excluding hydrogens is 210 g/mol. The minimum atomic E-state index is -0.918. The van der Waals surface area contributed by atoms with Gasteiger partial charge in [-0.15, -0.1) is 0 Å². The zero-order chi connectivity index (χ0) is 12.1. The number of carbonyl (C=O) groups is 2. The molecule has 16 heavy (non-hydrogen) atoms. The Hall–Kier alpha value is -2.04. The van der Waals surface area contributed by atoms with Gasteiger partial charge in [0.05, 0.1) is 12.7 Å². The van der Waals surface area contributed by atoms with E-state index in [9.17, 15) is 9.59 Å². The van der Waals surface area contributed by atoms with Crippen molar-refractivity contribution in [3.63, 3.8) is 0 Å². The summed E-state index contributed by atoms with van der Waals surface area (Å²) in [6, 6.07) is 4.93. The molecule has 1 aromatic rings. The Morgan fingerprint density at radius 1 is 1.44 bits per heavy atom. The standard InChI is InChI=1S/C11H13NO4/c1-16-11(15)10-7(5-6-9(13)14)3-2-4-8(10)12/h2-4H,5-6,12H2,1H3,(H,13,14). The molecule has 0 radical (unpaired) electrons. The summed E-state index contributed by atoms with van der Waals surface area (Å²) in [6.45, 7) is 0. The van der Waals surface area contributed by atoms with E-state index in [0.29, 0.717) is 11.3 Å². The normalized spacial score (nSPS) is 9.81. The third kappa shape index (κ3) is 2.73. The SMILES string of the molecule is COC(=O)c1c(N)cccc1CCC(=O)O. The first-order valence-corrected chi connectivity index (χ1v) is 4.73. The number of anilines is 1. The van der Waals surface area contributed by atoms with Gasteiger partial charge < -0.3 is 15.6 Å². The molecule has 0 atom stereocenters. The highest BCUT2D eigenvalue weighted by Gasteiger charge is 2.15. The van der Waals surface area contributed by atoms with Gasteiger partial charge in [-0.3, -0.25) is 4.79 Å². The van der Waals surface area contributed by atoms with Crippen LogP contribution in [0, 0.1) is 0 Å². The van der Waals surface area contributed by atoms with E-state index >= 15 is 0 Å². The number of benzene rings is 1. The maximum absolute atomic E-state index is 11.5. The molecule has 0 saturated carbocycles. The molecule has 5 heteroatoms. The highest BCUT2D eigenvalue weighted by Crippen LogP contribution is 2.19. The average Bonchev–Trinajstić information content (AvgIpc) is 2.25. The van der Waals surface area contributed by atoms with Gasteiger partial charge >= 0.3 is 11.9 Å². The average molecular weight is 223 g/mol. The lowest BCUT2D eigenvalue weighted by atomic mass is 10.0. The largest absolute Gasteiger partial charge is 0.481 e. The Labute approximate surface area is 92.8 Å². The van der Waals surface area contributed by atoms with Gasteiger partial charge in [0.2, 0.25) is 0 Å². The maximum atomic E-state index is 11.5. The number of ether oxygens (including phenoxy) is 1. The van der Waals surface area contributed by atoms with Gasteiger partial charge in [0.1, 0.15) is 0 Å². The second-order valence-corrected chi connectivity index (χ2v) is 3.27. The van der Waals surface area contributed by atoms with Crippen LogP contribution in [0.2, 0.25) is 0 Å². The molecule has 0 saturated heterocycles. The number of aryl methyl sites for hydroxylation is 1. The van der Waals surface area contributed by atoms with Crippen LogP contribution in [0.3, 0.4) is 0 Å². The summed E-state index contributed by atoms with van der Waals surface area (Å²) in [4.78, 5) is 21.9. The van der Waals surface area contributed by atoms with Crippen LogP contribution in [0.1, 0.15) is 22.3 Å². The second kappa shape index (κ2) is 5.16. The molecule has 1 aromatic carbocycles. The second-order valence-electron chi connectivity index (χ2n) is 3.27. The lowest BCUT2D eigenvalue weighted by molar-refractivity contribution is -0.136. The quantitative estimate of drug-likeness (QED) is 0.588. The zero-order valence-electron chi connectivity index (χ0n) is 8.90. The number of methoxy groups -OCH3 is 1. The predicted octanol–water partition coefficient (Wildman–Crippen LogP) is 1.07. The van der Waals surface area contributed by atoms with Crippen molar-refractivity contribution in [3.05, 3.63) is 29.3 Å². The topological polar surface area (TPSA) is 89.6 Å².